The quantitative estimate of drug-likeness (QED) is 0.580. The van der Waals surface area contributed by atoms with Crippen molar-refractivity contribution >= 4 is 17.3 Å². The molecule has 1 heterocycles. The van der Waals surface area contributed by atoms with Crippen LogP contribution in [0.4, 0.5) is 17.3 Å². The van der Waals surface area contributed by atoms with Crippen LogP contribution in [0.15, 0.2) is 54.6 Å². The molecule has 2 aromatic carbocycles. The van der Waals surface area contributed by atoms with Crippen molar-refractivity contribution in [1.82, 2.24) is 9.97 Å². The largest absolute Gasteiger partial charge is 0.497 e. The molecule has 6 heteroatoms. The molecule has 0 amide bonds. The zero-order chi connectivity index (χ0) is 19.1. The van der Waals surface area contributed by atoms with Crippen LogP contribution in [-0.4, -0.2) is 30.2 Å². The highest BCUT2D eigenvalue weighted by Gasteiger charge is 2.03. The Morgan fingerprint density at radius 2 is 1.63 bits per heavy atom. The zero-order valence-electron chi connectivity index (χ0n) is 15.8. The molecule has 0 saturated heterocycles. The molecular formula is C21H24N4O2. The predicted molar refractivity (Wildman–Crippen MR) is 108 cm³/mol. The first kappa shape index (κ1) is 18.5. The van der Waals surface area contributed by atoms with E-state index in [1.165, 1.54) is 5.56 Å². The molecular weight excluding hydrogens is 340 g/mol. The van der Waals surface area contributed by atoms with Gasteiger partial charge in [-0.05, 0) is 55.8 Å². The minimum atomic E-state index is 0.524. The lowest BCUT2D eigenvalue weighted by Crippen LogP contribution is -2.13. The van der Waals surface area contributed by atoms with Gasteiger partial charge in [0.2, 0.25) is 0 Å². The number of hydrogen-bond donors (Lipinski definition) is 2. The fourth-order valence-electron chi connectivity index (χ4n) is 2.61. The second-order valence-electron chi connectivity index (χ2n) is 6.13. The number of ether oxygens (including phenoxy) is 2. The zero-order valence-corrected chi connectivity index (χ0v) is 15.8. The molecule has 140 valence electrons. The molecule has 3 aromatic rings. The number of benzene rings is 2. The highest BCUT2D eigenvalue weighted by molar-refractivity contribution is 5.59. The Bertz CT molecular complexity index is 882. The van der Waals surface area contributed by atoms with Gasteiger partial charge in [0.15, 0.2) is 0 Å². The van der Waals surface area contributed by atoms with Gasteiger partial charge in [0.05, 0.1) is 13.7 Å². The smallest absolute Gasteiger partial charge is 0.136 e. The molecule has 0 aliphatic carbocycles. The summed E-state index contributed by atoms with van der Waals surface area (Å²) in [6.07, 6.45) is 0. The Kier molecular flexibility index (Phi) is 6.10. The van der Waals surface area contributed by atoms with Crippen LogP contribution >= 0.6 is 0 Å². The van der Waals surface area contributed by atoms with Crippen LogP contribution < -0.4 is 20.1 Å². The van der Waals surface area contributed by atoms with Gasteiger partial charge in [-0.3, -0.25) is 0 Å². The van der Waals surface area contributed by atoms with E-state index in [-0.39, 0.29) is 0 Å². The third-order valence-electron chi connectivity index (χ3n) is 3.86. The maximum Gasteiger partial charge on any atom is 0.136 e. The van der Waals surface area contributed by atoms with Crippen LogP contribution in [0.5, 0.6) is 11.5 Å². The predicted octanol–water partition coefficient (Wildman–Crippen LogP) is 4.34. The summed E-state index contributed by atoms with van der Waals surface area (Å²) in [6, 6.07) is 17.6. The lowest BCUT2D eigenvalue weighted by Gasteiger charge is -2.11. The molecule has 0 aliphatic rings. The first-order chi connectivity index (χ1) is 13.1. The Balaban J connectivity index is 1.54. The summed E-state index contributed by atoms with van der Waals surface area (Å²) in [6.45, 7) is 5.09. The molecule has 0 atom stereocenters. The van der Waals surface area contributed by atoms with E-state index in [0.717, 1.165) is 28.8 Å². The van der Waals surface area contributed by atoms with E-state index >= 15 is 0 Å². The molecule has 2 N–H and O–H groups in total. The second kappa shape index (κ2) is 8.89. The topological polar surface area (TPSA) is 68.3 Å². The van der Waals surface area contributed by atoms with Gasteiger partial charge in [0, 0.05) is 11.8 Å². The fraction of sp³-hybridized carbons (Fsp3) is 0.238. The molecule has 6 nitrogen and oxygen atoms in total. The minimum Gasteiger partial charge on any atom is -0.497 e. The van der Waals surface area contributed by atoms with Crippen molar-refractivity contribution in [3.63, 3.8) is 0 Å². The van der Waals surface area contributed by atoms with E-state index in [9.17, 15) is 0 Å². The summed E-state index contributed by atoms with van der Waals surface area (Å²) in [5.74, 6) is 3.83. The number of methoxy groups -OCH3 is 1. The third kappa shape index (κ3) is 5.60. The van der Waals surface area contributed by atoms with Crippen LogP contribution in [-0.2, 0) is 0 Å². The van der Waals surface area contributed by atoms with Gasteiger partial charge >= 0.3 is 0 Å². The Labute approximate surface area is 159 Å². The van der Waals surface area contributed by atoms with E-state index in [0.29, 0.717) is 19.0 Å². The Morgan fingerprint density at radius 3 is 2.37 bits per heavy atom. The number of rotatable bonds is 8. The highest BCUT2D eigenvalue weighted by atomic mass is 16.5. The second-order valence-corrected chi connectivity index (χ2v) is 6.13. The van der Waals surface area contributed by atoms with Gasteiger partial charge in [-0.15, -0.1) is 0 Å². The lowest BCUT2D eigenvalue weighted by atomic mass is 10.2. The Morgan fingerprint density at radius 1 is 0.889 bits per heavy atom. The highest BCUT2D eigenvalue weighted by Crippen LogP contribution is 2.19. The summed E-state index contributed by atoms with van der Waals surface area (Å²) < 4.78 is 10.9. The molecule has 0 unspecified atom stereocenters. The Hall–Kier alpha value is -3.28. The van der Waals surface area contributed by atoms with Crippen LogP contribution in [0.25, 0.3) is 0 Å². The van der Waals surface area contributed by atoms with Gasteiger partial charge in [-0.25, -0.2) is 9.97 Å². The normalized spacial score (nSPS) is 10.3. The molecule has 0 fully saturated rings. The maximum absolute atomic E-state index is 5.72. The van der Waals surface area contributed by atoms with Crippen molar-refractivity contribution in [2.75, 3.05) is 30.9 Å². The number of anilines is 3. The molecule has 27 heavy (non-hydrogen) atoms. The van der Waals surface area contributed by atoms with Crippen LogP contribution in [0.3, 0.4) is 0 Å². The van der Waals surface area contributed by atoms with E-state index in [1.807, 2.05) is 49.4 Å². The van der Waals surface area contributed by atoms with E-state index in [2.05, 4.69) is 39.7 Å². The molecule has 1 aromatic heterocycles. The van der Waals surface area contributed by atoms with Gasteiger partial charge in [-0.1, -0.05) is 12.1 Å². The average Bonchev–Trinajstić information content (AvgIpc) is 2.65. The monoisotopic (exact) mass is 364 g/mol. The van der Waals surface area contributed by atoms with Crippen molar-refractivity contribution in [2.24, 2.45) is 0 Å². The molecule has 0 radical (unpaired) electrons. The number of hydrogen-bond acceptors (Lipinski definition) is 6. The van der Waals surface area contributed by atoms with Crippen LogP contribution in [0, 0.1) is 13.8 Å². The number of nitrogens with one attached hydrogen (secondary N) is 2. The summed E-state index contributed by atoms with van der Waals surface area (Å²) >= 11 is 0. The molecule has 3 rings (SSSR count). The number of nitrogens with zero attached hydrogens (tertiary/aromatic N) is 2. The van der Waals surface area contributed by atoms with Gasteiger partial charge < -0.3 is 20.1 Å². The molecule has 0 bridgehead atoms. The SMILES string of the molecule is COc1ccc(OCCNc2cc(Nc3cccc(C)c3)nc(C)n2)cc1. The van der Waals surface area contributed by atoms with Crippen molar-refractivity contribution in [1.29, 1.82) is 0 Å². The molecule has 0 spiro atoms. The van der Waals surface area contributed by atoms with Crippen molar-refractivity contribution < 1.29 is 9.47 Å². The van der Waals surface area contributed by atoms with E-state index in [4.69, 9.17) is 9.47 Å². The summed E-state index contributed by atoms with van der Waals surface area (Å²) in [4.78, 5) is 8.87. The van der Waals surface area contributed by atoms with Crippen LogP contribution in [0.1, 0.15) is 11.4 Å². The molecule has 0 saturated carbocycles. The average molecular weight is 364 g/mol. The number of aryl methyl sites for hydroxylation is 2. The van der Waals surface area contributed by atoms with Gasteiger partial charge in [-0.2, -0.15) is 0 Å². The van der Waals surface area contributed by atoms with Gasteiger partial charge in [0.1, 0.15) is 35.6 Å². The molecule has 0 aliphatic heterocycles. The van der Waals surface area contributed by atoms with E-state index < -0.39 is 0 Å². The van der Waals surface area contributed by atoms with Crippen molar-refractivity contribution in [3.8, 4) is 11.5 Å². The summed E-state index contributed by atoms with van der Waals surface area (Å²) in [5, 5.41) is 6.59. The van der Waals surface area contributed by atoms with Gasteiger partial charge in [0.25, 0.3) is 0 Å². The number of aromatic nitrogens is 2. The standard InChI is InChI=1S/C21H24N4O2/c1-15-5-4-6-17(13-15)25-21-14-20(23-16(2)24-21)22-11-12-27-19-9-7-18(26-3)8-10-19/h4-10,13-14H,11-12H2,1-3H3,(H2,22,23,24,25). The summed E-state index contributed by atoms with van der Waals surface area (Å²) in [5.41, 5.74) is 2.20. The van der Waals surface area contributed by atoms with Crippen molar-refractivity contribution in [2.45, 2.75) is 13.8 Å². The fourth-order valence-corrected chi connectivity index (χ4v) is 2.61. The third-order valence-corrected chi connectivity index (χ3v) is 3.86. The minimum absolute atomic E-state index is 0.524. The first-order valence-corrected chi connectivity index (χ1v) is 8.82. The maximum atomic E-state index is 5.72. The van der Waals surface area contributed by atoms with Crippen molar-refractivity contribution in [3.05, 3.63) is 66.0 Å². The van der Waals surface area contributed by atoms with Crippen LogP contribution in [0.2, 0.25) is 0 Å². The van der Waals surface area contributed by atoms with E-state index in [1.54, 1.807) is 7.11 Å². The first-order valence-electron chi connectivity index (χ1n) is 8.82. The lowest BCUT2D eigenvalue weighted by molar-refractivity contribution is 0.331. The summed E-state index contributed by atoms with van der Waals surface area (Å²) in [7, 11) is 1.64.